The maximum absolute atomic E-state index is 3.51. The normalized spacial score (nSPS) is 12.2. The van der Waals surface area contributed by atoms with Gasteiger partial charge in [0, 0.05) is 28.2 Å². The first kappa shape index (κ1) is 20.1. The van der Waals surface area contributed by atoms with Crippen LogP contribution in [0.3, 0.4) is 0 Å². The Morgan fingerprint density at radius 3 is 1.41 bits per heavy atom. The molecule has 0 bridgehead atoms. The second-order valence-corrected chi connectivity index (χ2v) is 8.34. The van der Waals surface area contributed by atoms with Gasteiger partial charge in [0.05, 0.1) is 11.4 Å². The van der Waals surface area contributed by atoms with Gasteiger partial charge in [0.1, 0.15) is 0 Å². The summed E-state index contributed by atoms with van der Waals surface area (Å²) in [6, 6.07) is 49.0. The fraction of sp³-hybridized carbons (Fsp3) is 0. The van der Waals surface area contributed by atoms with Crippen molar-refractivity contribution in [3.8, 4) is 11.1 Å². The van der Waals surface area contributed by atoms with Crippen molar-refractivity contribution in [3.63, 3.8) is 0 Å². The van der Waals surface area contributed by atoms with Gasteiger partial charge in [0.15, 0.2) is 0 Å². The van der Waals surface area contributed by atoms with Crippen molar-refractivity contribution in [1.29, 1.82) is 0 Å². The summed E-state index contributed by atoms with van der Waals surface area (Å²) in [4.78, 5) is 2.29. The molecule has 5 aromatic rings. The van der Waals surface area contributed by atoms with Crippen molar-refractivity contribution in [2.45, 2.75) is 0 Å². The van der Waals surface area contributed by atoms with Gasteiger partial charge < -0.3 is 10.2 Å². The molecule has 1 N–H and O–H groups in total. The standard InChI is InChI=1S/C32H24N2/c1-4-12-25(13-5-1)31-32(33-31)30-19-11-10-18-29(30)24-20-22-28(23-21-24)34(26-14-6-2-7-15-26)27-16-8-3-9-17-27/h1-23,33H. The molecular weight excluding hydrogens is 412 g/mol. The highest BCUT2D eigenvalue weighted by atomic mass is 15.1. The molecule has 6 rings (SSSR count). The van der Waals surface area contributed by atoms with Crippen LogP contribution in [0.15, 0.2) is 140 Å². The quantitative estimate of drug-likeness (QED) is 0.290. The van der Waals surface area contributed by atoms with E-state index < -0.39 is 0 Å². The molecule has 0 spiro atoms. The highest BCUT2D eigenvalue weighted by molar-refractivity contribution is 6.07. The summed E-state index contributed by atoms with van der Waals surface area (Å²) in [6.07, 6.45) is 0. The zero-order chi connectivity index (χ0) is 22.7. The number of nitrogens with zero attached hydrogens (tertiary/aromatic N) is 1. The van der Waals surface area contributed by atoms with Gasteiger partial charge in [0.25, 0.3) is 0 Å². The number of para-hydroxylation sites is 2. The molecule has 0 aliphatic carbocycles. The van der Waals surface area contributed by atoms with E-state index in [4.69, 9.17) is 0 Å². The zero-order valence-corrected chi connectivity index (χ0v) is 18.7. The van der Waals surface area contributed by atoms with Crippen LogP contribution in [0.1, 0.15) is 11.1 Å². The summed E-state index contributed by atoms with van der Waals surface area (Å²) in [5.41, 5.74) is 10.7. The molecule has 0 fully saturated rings. The number of hydrogen-bond acceptors (Lipinski definition) is 2. The van der Waals surface area contributed by atoms with Crippen molar-refractivity contribution < 1.29 is 0 Å². The van der Waals surface area contributed by atoms with E-state index in [9.17, 15) is 0 Å². The Hall–Kier alpha value is -4.56. The molecule has 2 heteroatoms. The van der Waals surface area contributed by atoms with E-state index in [0.717, 1.165) is 17.1 Å². The largest absolute Gasteiger partial charge is 0.351 e. The highest BCUT2D eigenvalue weighted by Crippen LogP contribution is 2.40. The van der Waals surface area contributed by atoms with Crippen LogP contribution < -0.4 is 10.2 Å². The molecular formula is C32H24N2. The summed E-state index contributed by atoms with van der Waals surface area (Å²) in [5.74, 6) is 0. The Bertz CT molecular complexity index is 1400. The molecule has 0 atom stereocenters. The van der Waals surface area contributed by atoms with Crippen molar-refractivity contribution in [1.82, 2.24) is 5.32 Å². The van der Waals surface area contributed by atoms with Crippen LogP contribution in [0.25, 0.3) is 22.5 Å². The SMILES string of the molecule is c1ccc(C2=C(c3ccccc3-c3ccc(N(c4ccccc4)c4ccccc4)cc3)N2)cc1. The molecule has 0 amide bonds. The fourth-order valence-electron chi connectivity index (χ4n) is 4.46. The Labute approximate surface area is 200 Å². The molecule has 0 saturated carbocycles. The lowest BCUT2D eigenvalue weighted by molar-refractivity contribution is 1.28. The lowest BCUT2D eigenvalue weighted by atomic mass is 9.98. The second kappa shape index (κ2) is 8.76. The average molecular weight is 437 g/mol. The topological polar surface area (TPSA) is 25.2 Å². The molecule has 0 aromatic heterocycles. The molecule has 2 nitrogen and oxygen atoms in total. The Kier molecular flexibility index (Phi) is 5.17. The fourth-order valence-corrected chi connectivity index (χ4v) is 4.46. The molecule has 1 aliphatic rings. The average Bonchev–Trinajstić information content (AvgIpc) is 3.72. The van der Waals surface area contributed by atoms with Crippen molar-refractivity contribution in [3.05, 3.63) is 151 Å². The maximum atomic E-state index is 3.51. The van der Waals surface area contributed by atoms with E-state index in [-0.39, 0.29) is 0 Å². The molecule has 1 aliphatic heterocycles. The summed E-state index contributed by atoms with van der Waals surface area (Å²) in [6.45, 7) is 0. The van der Waals surface area contributed by atoms with Crippen LogP contribution in [0.4, 0.5) is 17.1 Å². The molecule has 0 unspecified atom stereocenters. The first-order chi connectivity index (χ1) is 16.9. The minimum Gasteiger partial charge on any atom is -0.351 e. The lowest BCUT2D eigenvalue weighted by Gasteiger charge is -2.25. The highest BCUT2D eigenvalue weighted by Gasteiger charge is 2.26. The van der Waals surface area contributed by atoms with Gasteiger partial charge in [-0.3, -0.25) is 0 Å². The predicted octanol–water partition coefficient (Wildman–Crippen LogP) is 8.25. The Morgan fingerprint density at radius 2 is 0.824 bits per heavy atom. The van der Waals surface area contributed by atoms with E-state index in [2.05, 4.69) is 150 Å². The van der Waals surface area contributed by atoms with Crippen LogP contribution in [-0.2, 0) is 0 Å². The van der Waals surface area contributed by atoms with Crippen molar-refractivity contribution in [2.75, 3.05) is 4.90 Å². The van der Waals surface area contributed by atoms with Gasteiger partial charge in [-0.05, 0) is 47.5 Å². The zero-order valence-electron chi connectivity index (χ0n) is 18.7. The smallest absolute Gasteiger partial charge is 0.0710 e. The van der Waals surface area contributed by atoms with Crippen molar-refractivity contribution >= 4 is 28.5 Å². The summed E-state index contributed by atoms with van der Waals surface area (Å²) in [5, 5.41) is 3.51. The van der Waals surface area contributed by atoms with Gasteiger partial charge in [-0.2, -0.15) is 0 Å². The first-order valence-corrected chi connectivity index (χ1v) is 11.6. The predicted molar refractivity (Wildman–Crippen MR) is 143 cm³/mol. The van der Waals surface area contributed by atoms with Gasteiger partial charge >= 0.3 is 0 Å². The molecule has 0 saturated heterocycles. The number of rotatable bonds is 6. The number of nitrogens with one attached hydrogen (secondary N) is 1. The first-order valence-electron chi connectivity index (χ1n) is 11.6. The second-order valence-electron chi connectivity index (χ2n) is 8.34. The van der Waals surface area contributed by atoms with E-state index in [1.165, 1.54) is 33.6 Å². The third kappa shape index (κ3) is 3.87. The van der Waals surface area contributed by atoms with Gasteiger partial charge in [-0.25, -0.2) is 0 Å². The molecule has 5 aromatic carbocycles. The van der Waals surface area contributed by atoms with Crippen molar-refractivity contribution in [2.24, 2.45) is 0 Å². The third-order valence-corrected chi connectivity index (χ3v) is 6.16. The summed E-state index contributed by atoms with van der Waals surface area (Å²) >= 11 is 0. The van der Waals surface area contributed by atoms with Gasteiger partial charge in [-0.1, -0.05) is 103 Å². The number of benzene rings is 5. The van der Waals surface area contributed by atoms with Crippen LogP contribution in [0.2, 0.25) is 0 Å². The summed E-state index contributed by atoms with van der Waals surface area (Å²) < 4.78 is 0. The lowest BCUT2D eigenvalue weighted by Crippen LogP contribution is -2.09. The van der Waals surface area contributed by atoms with E-state index in [1.807, 2.05) is 0 Å². The molecule has 0 radical (unpaired) electrons. The van der Waals surface area contributed by atoms with Crippen LogP contribution >= 0.6 is 0 Å². The van der Waals surface area contributed by atoms with E-state index in [1.54, 1.807) is 0 Å². The van der Waals surface area contributed by atoms with Crippen LogP contribution in [0, 0.1) is 0 Å². The summed E-state index contributed by atoms with van der Waals surface area (Å²) in [7, 11) is 0. The Balaban J connectivity index is 1.37. The van der Waals surface area contributed by atoms with Crippen LogP contribution in [-0.4, -0.2) is 0 Å². The minimum atomic E-state index is 1.13. The number of anilines is 3. The Morgan fingerprint density at radius 1 is 0.353 bits per heavy atom. The monoisotopic (exact) mass is 436 g/mol. The maximum Gasteiger partial charge on any atom is 0.0710 e. The number of hydrogen-bond donors (Lipinski definition) is 1. The van der Waals surface area contributed by atoms with Crippen LogP contribution in [0.5, 0.6) is 0 Å². The third-order valence-electron chi connectivity index (χ3n) is 6.16. The molecule has 162 valence electrons. The van der Waals surface area contributed by atoms with E-state index >= 15 is 0 Å². The molecule has 34 heavy (non-hydrogen) atoms. The van der Waals surface area contributed by atoms with E-state index in [0.29, 0.717) is 0 Å². The van der Waals surface area contributed by atoms with Gasteiger partial charge in [-0.15, -0.1) is 0 Å². The minimum absolute atomic E-state index is 1.13. The molecule has 1 heterocycles. The van der Waals surface area contributed by atoms with Gasteiger partial charge in [0.2, 0.25) is 0 Å².